The maximum absolute atomic E-state index is 13.1. The average Bonchev–Trinajstić information content (AvgIpc) is 3.44. The molecule has 0 saturated heterocycles. The number of amides is 2. The molecule has 8 heteroatoms. The van der Waals surface area contributed by atoms with Crippen molar-refractivity contribution in [3.8, 4) is 11.5 Å². The number of hydrogen-bond donors (Lipinski definition) is 2. The zero-order chi connectivity index (χ0) is 21.2. The summed E-state index contributed by atoms with van der Waals surface area (Å²) in [6.07, 6.45) is 4.67. The molecular weight excluding hydrogens is 416 g/mol. The van der Waals surface area contributed by atoms with Gasteiger partial charge < -0.3 is 24.5 Å². The van der Waals surface area contributed by atoms with Crippen molar-refractivity contribution in [1.29, 1.82) is 0 Å². The lowest BCUT2D eigenvalue weighted by Gasteiger charge is -2.25. The van der Waals surface area contributed by atoms with Gasteiger partial charge in [-0.2, -0.15) is 0 Å². The van der Waals surface area contributed by atoms with Gasteiger partial charge in [-0.1, -0.05) is 12.1 Å². The van der Waals surface area contributed by atoms with Gasteiger partial charge in [-0.25, -0.2) is 0 Å². The third kappa shape index (κ3) is 4.03. The number of benzene rings is 1. The highest BCUT2D eigenvalue weighted by molar-refractivity contribution is 7.17. The number of anilines is 1. The van der Waals surface area contributed by atoms with Gasteiger partial charge in [0.15, 0.2) is 11.5 Å². The van der Waals surface area contributed by atoms with Gasteiger partial charge in [0.1, 0.15) is 17.4 Å². The fraction of sp³-hybridized carbons (Fsp3) is 0.304. The standard InChI is InChI=1S/C23H22N2O5S/c26-21(18-13-29-16-8-2-3-9-17(16)30-18)25-23-20(15-7-1-4-10-19(15)31-23)22(27)24-12-14-6-5-11-28-14/h2-3,5-6,8-9,11,18H,1,4,7,10,12-13H2,(H,24,27)(H,25,26)/t18-/m1/s1. The zero-order valence-corrected chi connectivity index (χ0v) is 17.6. The molecule has 1 aromatic carbocycles. The number of fused-ring (bicyclic) bond motifs is 2. The Morgan fingerprint density at radius 2 is 1.90 bits per heavy atom. The van der Waals surface area contributed by atoms with E-state index in [1.165, 1.54) is 11.3 Å². The van der Waals surface area contributed by atoms with Gasteiger partial charge in [-0.15, -0.1) is 11.3 Å². The predicted octanol–water partition coefficient (Wildman–Crippen LogP) is 3.93. The Hall–Kier alpha value is -3.26. The molecule has 2 aromatic heterocycles. The smallest absolute Gasteiger partial charge is 0.269 e. The Balaban J connectivity index is 1.35. The number of nitrogens with one attached hydrogen (secondary N) is 2. The maximum Gasteiger partial charge on any atom is 0.269 e. The van der Waals surface area contributed by atoms with Crippen LogP contribution in [0.2, 0.25) is 0 Å². The summed E-state index contributed by atoms with van der Waals surface area (Å²) in [5.41, 5.74) is 1.59. The van der Waals surface area contributed by atoms with E-state index in [1.807, 2.05) is 18.2 Å². The first-order valence-electron chi connectivity index (χ1n) is 10.3. The molecule has 0 bridgehead atoms. The van der Waals surface area contributed by atoms with Crippen LogP contribution in [0, 0.1) is 0 Å². The number of furan rings is 1. The normalized spacial score (nSPS) is 17.0. The van der Waals surface area contributed by atoms with Crippen molar-refractivity contribution in [1.82, 2.24) is 5.32 Å². The minimum atomic E-state index is -0.784. The van der Waals surface area contributed by atoms with Crippen LogP contribution in [0.4, 0.5) is 5.00 Å². The fourth-order valence-electron chi connectivity index (χ4n) is 3.90. The Morgan fingerprint density at radius 1 is 1.06 bits per heavy atom. The molecule has 3 aromatic rings. The van der Waals surface area contributed by atoms with Crippen LogP contribution in [0.1, 0.15) is 39.4 Å². The van der Waals surface area contributed by atoms with Crippen LogP contribution in [0.5, 0.6) is 11.5 Å². The fourth-order valence-corrected chi connectivity index (χ4v) is 5.19. The minimum Gasteiger partial charge on any atom is -0.485 e. The Kier molecular flexibility index (Phi) is 5.38. The number of rotatable bonds is 5. The number of aryl methyl sites for hydroxylation is 1. The lowest BCUT2D eigenvalue weighted by atomic mass is 9.95. The van der Waals surface area contributed by atoms with E-state index in [0.29, 0.717) is 34.4 Å². The third-order valence-corrected chi connectivity index (χ3v) is 6.65. The summed E-state index contributed by atoms with van der Waals surface area (Å²) in [6, 6.07) is 10.8. The van der Waals surface area contributed by atoms with Crippen LogP contribution in [-0.4, -0.2) is 24.5 Å². The van der Waals surface area contributed by atoms with E-state index >= 15 is 0 Å². The van der Waals surface area contributed by atoms with Crippen LogP contribution in [0.15, 0.2) is 47.1 Å². The van der Waals surface area contributed by atoms with Crippen molar-refractivity contribution < 1.29 is 23.5 Å². The molecule has 160 valence electrons. The number of ether oxygens (including phenoxy) is 2. The molecule has 5 rings (SSSR count). The molecule has 1 atom stereocenters. The average molecular weight is 439 g/mol. The number of carbonyl (C=O) groups is 2. The van der Waals surface area contributed by atoms with Gasteiger partial charge in [0.05, 0.1) is 18.4 Å². The highest BCUT2D eigenvalue weighted by Gasteiger charge is 2.31. The summed E-state index contributed by atoms with van der Waals surface area (Å²) >= 11 is 1.48. The molecule has 0 unspecified atom stereocenters. The second kappa shape index (κ2) is 8.47. The van der Waals surface area contributed by atoms with Crippen LogP contribution in [0.25, 0.3) is 0 Å². The number of thiophene rings is 1. The quantitative estimate of drug-likeness (QED) is 0.630. The summed E-state index contributed by atoms with van der Waals surface area (Å²) in [4.78, 5) is 27.2. The lowest BCUT2D eigenvalue weighted by molar-refractivity contribution is -0.125. The van der Waals surface area contributed by atoms with E-state index in [9.17, 15) is 9.59 Å². The highest BCUT2D eigenvalue weighted by atomic mass is 32.1. The Labute approximate surface area is 183 Å². The molecular formula is C23H22N2O5S. The lowest BCUT2D eigenvalue weighted by Crippen LogP contribution is -2.40. The second-order valence-corrected chi connectivity index (χ2v) is 8.64. The molecule has 0 radical (unpaired) electrons. The van der Waals surface area contributed by atoms with Crippen molar-refractivity contribution in [3.63, 3.8) is 0 Å². The van der Waals surface area contributed by atoms with E-state index in [-0.39, 0.29) is 18.4 Å². The van der Waals surface area contributed by atoms with E-state index in [2.05, 4.69) is 10.6 Å². The van der Waals surface area contributed by atoms with E-state index in [0.717, 1.165) is 36.1 Å². The zero-order valence-electron chi connectivity index (χ0n) is 16.8. The number of carbonyl (C=O) groups excluding carboxylic acids is 2. The molecule has 2 amide bonds. The van der Waals surface area contributed by atoms with Crippen LogP contribution in [0.3, 0.4) is 0 Å². The van der Waals surface area contributed by atoms with E-state index in [1.54, 1.807) is 24.5 Å². The van der Waals surface area contributed by atoms with Gasteiger partial charge >= 0.3 is 0 Å². The molecule has 2 N–H and O–H groups in total. The molecule has 1 aliphatic heterocycles. The van der Waals surface area contributed by atoms with Gasteiger partial charge in [0, 0.05) is 4.88 Å². The van der Waals surface area contributed by atoms with Crippen molar-refractivity contribution >= 4 is 28.2 Å². The molecule has 2 aliphatic rings. The molecule has 31 heavy (non-hydrogen) atoms. The maximum atomic E-state index is 13.1. The monoisotopic (exact) mass is 438 g/mol. The molecule has 0 saturated carbocycles. The summed E-state index contributed by atoms with van der Waals surface area (Å²) in [5, 5.41) is 6.41. The van der Waals surface area contributed by atoms with E-state index in [4.69, 9.17) is 13.9 Å². The Bertz CT molecular complexity index is 1110. The van der Waals surface area contributed by atoms with Crippen molar-refractivity contribution in [2.75, 3.05) is 11.9 Å². The molecule has 1 aliphatic carbocycles. The SMILES string of the molecule is O=C(NCc1ccco1)c1c(NC(=O)[C@H]2COc3ccccc3O2)sc2c1CCCC2. The van der Waals surface area contributed by atoms with E-state index < -0.39 is 6.10 Å². The largest absolute Gasteiger partial charge is 0.485 e. The number of hydrogen-bond acceptors (Lipinski definition) is 6. The topological polar surface area (TPSA) is 89.8 Å². The summed E-state index contributed by atoms with van der Waals surface area (Å²) < 4.78 is 16.8. The molecule has 0 fully saturated rings. The first-order chi connectivity index (χ1) is 15.2. The molecule has 7 nitrogen and oxygen atoms in total. The predicted molar refractivity (Wildman–Crippen MR) is 116 cm³/mol. The first kappa shape index (κ1) is 19.7. The summed E-state index contributed by atoms with van der Waals surface area (Å²) in [6.45, 7) is 0.411. The van der Waals surface area contributed by atoms with Gasteiger partial charge in [-0.3, -0.25) is 9.59 Å². The van der Waals surface area contributed by atoms with Gasteiger partial charge in [-0.05, 0) is 55.5 Å². The number of para-hydroxylation sites is 2. The van der Waals surface area contributed by atoms with Crippen LogP contribution >= 0.6 is 11.3 Å². The second-order valence-electron chi connectivity index (χ2n) is 7.53. The van der Waals surface area contributed by atoms with Gasteiger partial charge in [0.25, 0.3) is 11.8 Å². The van der Waals surface area contributed by atoms with Crippen LogP contribution in [-0.2, 0) is 24.2 Å². The van der Waals surface area contributed by atoms with Crippen molar-refractivity contribution in [3.05, 3.63) is 64.4 Å². The van der Waals surface area contributed by atoms with Crippen molar-refractivity contribution in [2.24, 2.45) is 0 Å². The Morgan fingerprint density at radius 3 is 2.74 bits per heavy atom. The summed E-state index contributed by atoms with van der Waals surface area (Å²) in [5.74, 6) is 1.30. The molecule has 3 heterocycles. The van der Waals surface area contributed by atoms with Crippen molar-refractivity contribution in [2.45, 2.75) is 38.3 Å². The van der Waals surface area contributed by atoms with Gasteiger partial charge in [0.2, 0.25) is 6.10 Å². The molecule has 0 spiro atoms. The minimum absolute atomic E-state index is 0.119. The first-order valence-corrected chi connectivity index (χ1v) is 11.1. The highest BCUT2D eigenvalue weighted by Crippen LogP contribution is 2.39. The van der Waals surface area contributed by atoms with Crippen LogP contribution < -0.4 is 20.1 Å². The summed E-state index contributed by atoms with van der Waals surface area (Å²) in [7, 11) is 0. The third-order valence-electron chi connectivity index (χ3n) is 5.44.